The van der Waals surface area contributed by atoms with Crippen LogP contribution in [0.25, 0.3) is 0 Å². The highest BCUT2D eigenvalue weighted by molar-refractivity contribution is 7.80. The summed E-state index contributed by atoms with van der Waals surface area (Å²) in [7, 11) is 0. The van der Waals surface area contributed by atoms with Crippen LogP contribution in [0.5, 0.6) is 0 Å². The molecule has 1 aliphatic carbocycles. The molecule has 1 aromatic carbocycles. The van der Waals surface area contributed by atoms with E-state index in [9.17, 15) is 4.79 Å². The Balaban J connectivity index is 1.48. The number of aromatic nitrogens is 2. The van der Waals surface area contributed by atoms with Crippen molar-refractivity contribution in [1.29, 1.82) is 0 Å². The zero-order valence-electron chi connectivity index (χ0n) is 18.0. The van der Waals surface area contributed by atoms with E-state index in [1.807, 2.05) is 48.9 Å². The summed E-state index contributed by atoms with van der Waals surface area (Å²) in [5.74, 6) is 0.355. The van der Waals surface area contributed by atoms with E-state index in [0.29, 0.717) is 34.7 Å². The van der Waals surface area contributed by atoms with Gasteiger partial charge in [-0.2, -0.15) is 5.10 Å². The van der Waals surface area contributed by atoms with Gasteiger partial charge >= 0.3 is 5.97 Å². The van der Waals surface area contributed by atoms with Crippen molar-refractivity contribution in [3.63, 3.8) is 0 Å². The second-order valence-corrected chi connectivity index (χ2v) is 9.62. The number of aryl methyl sites for hydroxylation is 2. The molecular formula is C23H25ClN4O2S2. The summed E-state index contributed by atoms with van der Waals surface area (Å²) in [6.45, 7) is 4.79. The van der Waals surface area contributed by atoms with Crippen LogP contribution in [-0.4, -0.2) is 27.5 Å². The van der Waals surface area contributed by atoms with Gasteiger partial charge in [-0.05, 0) is 75.0 Å². The predicted molar refractivity (Wildman–Crippen MR) is 134 cm³/mol. The van der Waals surface area contributed by atoms with Crippen LogP contribution in [0.15, 0.2) is 30.3 Å². The maximum Gasteiger partial charge on any atom is 0.341 e. The lowest BCUT2D eigenvalue weighted by Crippen LogP contribution is -2.21. The van der Waals surface area contributed by atoms with Gasteiger partial charge in [0.15, 0.2) is 10.9 Å². The van der Waals surface area contributed by atoms with Crippen molar-refractivity contribution in [2.24, 2.45) is 0 Å². The topological polar surface area (TPSA) is 68.2 Å². The van der Waals surface area contributed by atoms with Gasteiger partial charge in [0.25, 0.3) is 0 Å². The largest absolute Gasteiger partial charge is 0.462 e. The Morgan fingerprint density at radius 2 is 2.00 bits per heavy atom. The van der Waals surface area contributed by atoms with Gasteiger partial charge in [0.1, 0.15) is 5.00 Å². The molecule has 32 heavy (non-hydrogen) atoms. The fourth-order valence-corrected chi connectivity index (χ4v) is 5.50. The number of thiocarbonyl (C=S) groups is 1. The molecule has 2 N–H and O–H groups in total. The monoisotopic (exact) mass is 488 g/mol. The van der Waals surface area contributed by atoms with E-state index in [4.69, 9.17) is 28.6 Å². The van der Waals surface area contributed by atoms with Crippen LogP contribution in [0.3, 0.4) is 0 Å². The molecule has 0 saturated heterocycles. The molecule has 2 aromatic heterocycles. The molecule has 4 rings (SSSR count). The Morgan fingerprint density at radius 3 is 2.75 bits per heavy atom. The first-order valence-corrected chi connectivity index (χ1v) is 12.2. The number of hydrogen-bond acceptors (Lipinski definition) is 5. The van der Waals surface area contributed by atoms with E-state index in [0.717, 1.165) is 47.5 Å². The Kier molecular flexibility index (Phi) is 7.13. The average molecular weight is 489 g/mol. The van der Waals surface area contributed by atoms with Crippen LogP contribution in [0.1, 0.15) is 51.8 Å². The smallest absolute Gasteiger partial charge is 0.341 e. The number of thiophene rings is 1. The SMILES string of the molecule is CCOC(=O)c1c(NC(=S)Nc2cc(C)n(Cc3ccc(Cl)cc3)n2)sc2c1CCCC2. The quantitative estimate of drug-likeness (QED) is 0.336. The summed E-state index contributed by atoms with van der Waals surface area (Å²) < 4.78 is 7.22. The molecule has 0 spiro atoms. The number of halogens is 1. The molecule has 0 amide bonds. The van der Waals surface area contributed by atoms with Crippen molar-refractivity contribution in [1.82, 2.24) is 9.78 Å². The Labute approximate surface area is 201 Å². The van der Waals surface area contributed by atoms with Crippen LogP contribution < -0.4 is 10.6 Å². The average Bonchev–Trinajstić information content (AvgIpc) is 3.29. The fraction of sp³-hybridized carbons (Fsp3) is 0.348. The number of carbonyl (C=O) groups is 1. The van der Waals surface area contributed by atoms with E-state index in [1.165, 1.54) is 4.88 Å². The first kappa shape index (κ1) is 22.8. The van der Waals surface area contributed by atoms with Gasteiger partial charge < -0.3 is 15.4 Å². The number of fused-ring (bicyclic) bond motifs is 1. The zero-order valence-corrected chi connectivity index (χ0v) is 20.4. The van der Waals surface area contributed by atoms with Gasteiger partial charge in [0.2, 0.25) is 0 Å². The van der Waals surface area contributed by atoms with Crippen molar-refractivity contribution in [2.45, 2.75) is 46.1 Å². The van der Waals surface area contributed by atoms with Crippen LogP contribution in [0.2, 0.25) is 5.02 Å². The second-order valence-electron chi connectivity index (χ2n) is 7.67. The van der Waals surface area contributed by atoms with Crippen molar-refractivity contribution in [3.05, 3.63) is 62.6 Å². The van der Waals surface area contributed by atoms with Gasteiger partial charge in [0, 0.05) is 21.7 Å². The maximum absolute atomic E-state index is 12.6. The molecular weight excluding hydrogens is 464 g/mol. The zero-order chi connectivity index (χ0) is 22.7. The molecule has 6 nitrogen and oxygen atoms in total. The number of nitrogens with zero attached hydrogens (tertiary/aromatic N) is 2. The van der Waals surface area contributed by atoms with Gasteiger partial charge in [-0.3, -0.25) is 4.68 Å². The fourth-order valence-electron chi connectivity index (χ4n) is 3.82. The third-order valence-electron chi connectivity index (χ3n) is 5.35. The van der Waals surface area contributed by atoms with Crippen LogP contribution in [-0.2, 0) is 24.1 Å². The van der Waals surface area contributed by atoms with E-state index in [2.05, 4.69) is 15.7 Å². The summed E-state index contributed by atoms with van der Waals surface area (Å²) >= 11 is 13.1. The Hall–Kier alpha value is -2.42. The molecule has 2 heterocycles. The third-order valence-corrected chi connectivity index (χ3v) is 7.01. The van der Waals surface area contributed by atoms with Crippen molar-refractivity contribution in [2.75, 3.05) is 17.2 Å². The minimum Gasteiger partial charge on any atom is -0.462 e. The minimum atomic E-state index is -0.291. The molecule has 3 aromatic rings. The van der Waals surface area contributed by atoms with Gasteiger partial charge in [0.05, 0.1) is 18.7 Å². The number of ether oxygens (including phenoxy) is 1. The highest BCUT2D eigenvalue weighted by atomic mass is 35.5. The Morgan fingerprint density at radius 1 is 1.25 bits per heavy atom. The summed E-state index contributed by atoms with van der Waals surface area (Å²) in [6, 6.07) is 9.65. The predicted octanol–water partition coefficient (Wildman–Crippen LogP) is 5.82. The molecule has 168 valence electrons. The summed E-state index contributed by atoms with van der Waals surface area (Å²) in [4.78, 5) is 13.9. The molecule has 0 unspecified atom stereocenters. The number of carbonyl (C=O) groups excluding carboxylic acids is 1. The standard InChI is InChI=1S/C23H25ClN4O2S2/c1-3-30-22(29)20-17-6-4-5-7-18(17)32-21(20)26-23(31)25-19-12-14(2)28(27-19)13-15-8-10-16(24)11-9-15/h8-12H,3-7,13H2,1-2H3,(H2,25,26,27,31). The summed E-state index contributed by atoms with van der Waals surface area (Å²) in [5.41, 5.74) is 3.84. The van der Waals surface area contributed by atoms with E-state index < -0.39 is 0 Å². The van der Waals surface area contributed by atoms with Crippen molar-refractivity contribution >= 4 is 57.1 Å². The lowest BCUT2D eigenvalue weighted by atomic mass is 9.95. The van der Waals surface area contributed by atoms with Crippen LogP contribution in [0, 0.1) is 6.92 Å². The van der Waals surface area contributed by atoms with Gasteiger partial charge in [-0.25, -0.2) is 4.79 Å². The lowest BCUT2D eigenvalue weighted by molar-refractivity contribution is 0.0526. The number of benzene rings is 1. The molecule has 0 saturated carbocycles. The molecule has 0 aliphatic heterocycles. The Bertz CT molecular complexity index is 1140. The van der Waals surface area contributed by atoms with E-state index in [1.54, 1.807) is 11.3 Å². The molecule has 1 aliphatic rings. The van der Waals surface area contributed by atoms with Gasteiger partial charge in [-0.1, -0.05) is 23.7 Å². The highest BCUT2D eigenvalue weighted by Crippen LogP contribution is 2.38. The van der Waals surface area contributed by atoms with Crippen molar-refractivity contribution in [3.8, 4) is 0 Å². The van der Waals surface area contributed by atoms with E-state index in [-0.39, 0.29) is 5.97 Å². The number of esters is 1. The number of nitrogens with one attached hydrogen (secondary N) is 2. The molecule has 9 heteroatoms. The highest BCUT2D eigenvalue weighted by Gasteiger charge is 2.26. The molecule has 0 bridgehead atoms. The number of rotatable bonds is 6. The first-order chi connectivity index (χ1) is 15.4. The summed E-state index contributed by atoms with van der Waals surface area (Å²) in [5, 5.41) is 12.8. The first-order valence-electron chi connectivity index (χ1n) is 10.6. The van der Waals surface area contributed by atoms with E-state index >= 15 is 0 Å². The van der Waals surface area contributed by atoms with Crippen LogP contribution >= 0.6 is 35.2 Å². The third kappa shape index (κ3) is 5.14. The van der Waals surface area contributed by atoms with Crippen molar-refractivity contribution < 1.29 is 9.53 Å². The molecule has 0 radical (unpaired) electrons. The number of anilines is 2. The maximum atomic E-state index is 12.6. The number of hydrogen-bond donors (Lipinski definition) is 2. The van der Waals surface area contributed by atoms with Gasteiger partial charge in [-0.15, -0.1) is 11.3 Å². The summed E-state index contributed by atoms with van der Waals surface area (Å²) in [6.07, 6.45) is 4.11. The normalized spacial score (nSPS) is 12.8. The molecule has 0 atom stereocenters. The lowest BCUT2D eigenvalue weighted by Gasteiger charge is -2.12. The second kappa shape index (κ2) is 10.0. The minimum absolute atomic E-state index is 0.291. The van der Waals surface area contributed by atoms with Crippen LogP contribution in [0.4, 0.5) is 10.8 Å². The molecule has 0 fully saturated rings.